The highest BCUT2D eigenvalue weighted by Gasteiger charge is 2.25. The third-order valence-corrected chi connectivity index (χ3v) is 3.10. The summed E-state index contributed by atoms with van der Waals surface area (Å²) < 4.78 is 35.9. The van der Waals surface area contributed by atoms with Crippen molar-refractivity contribution in [1.29, 1.82) is 0 Å². The molecule has 0 radical (unpaired) electrons. The zero-order valence-electron chi connectivity index (χ0n) is 7.16. The Labute approximate surface area is 75.2 Å². The molecule has 2 bridgehead atoms. The van der Waals surface area contributed by atoms with E-state index in [0.717, 1.165) is 5.56 Å². The van der Waals surface area contributed by atoms with Crippen molar-refractivity contribution >= 4 is 21.3 Å². The van der Waals surface area contributed by atoms with Gasteiger partial charge in [-0.25, -0.2) is 0 Å². The van der Waals surface area contributed by atoms with Crippen LogP contribution in [0.5, 0.6) is 0 Å². The third kappa shape index (κ3) is 1.04. The fourth-order valence-electron chi connectivity index (χ4n) is 1.49. The van der Waals surface area contributed by atoms with Gasteiger partial charge in [-0.2, -0.15) is 8.42 Å². The van der Waals surface area contributed by atoms with E-state index in [1.807, 2.05) is 0 Å². The van der Waals surface area contributed by atoms with Gasteiger partial charge in [0.1, 0.15) is 10.5 Å². The molecule has 2 aromatic heterocycles. The second kappa shape index (κ2) is 2.24. The lowest BCUT2D eigenvalue weighted by molar-refractivity contribution is 0.483. The molecule has 2 heterocycles. The van der Waals surface area contributed by atoms with Crippen molar-refractivity contribution in [2.75, 3.05) is 0 Å². The monoisotopic (exact) mass is 200 g/mol. The number of hydrogen-bond acceptors (Lipinski definition) is 3. The van der Waals surface area contributed by atoms with E-state index in [-0.39, 0.29) is 10.5 Å². The zero-order chi connectivity index (χ0) is 9.80. The molecule has 0 fully saturated rings. The lowest BCUT2D eigenvalue weighted by atomic mass is 10.2. The number of furan rings is 2. The summed E-state index contributed by atoms with van der Waals surface area (Å²) in [4.78, 5) is -0.0949. The van der Waals surface area contributed by atoms with Crippen molar-refractivity contribution in [3.05, 3.63) is 17.2 Å². The van der Waals surface area contributed by atoms with E-state index in [0.29, 0.717) is 11.1 Å². The van der Waals surface area contributed by atoms with Gasteiger partial charge in [-0.15, -0.1) is 0 Å². The van der Waals surface area contributed by atoms with Crippen LogP contribution >= 0.6 is 0 Å². The lowest BCUT2D eigenvalue weighted by Crippen LogP contribution is -2.00. The highest BCUT2D eigenvalue weighted by Crippen LogP contribution is 2.34. The van der Waals surface area contributed by atoms with Crippen LogP contribution in [0.4, 0.5) is 0 Å². The molecule has 0 aliphatic heterocycles. The smallest absolute Gasteiger partial charge is 0.298 e. The topological polar surface area (TPSA) is 67.5 Å². The van der Waals surface area contributed by atoms with E-state index in [1.165, 1.54) is 0 Å². The molecule has 70 valence electrons. The minimum Gasteiger partial charge on any atom is -0.455 e. The van der Waals surface area contributed by atoms with E-state index >= 15 is 0 Å². The summed E-state index contributed by atoms with van der Waals surface area (Å²) in [6.07, 6.45) is 0. The first-order chi connectivity index (χ1) is 5.91. The van der Waals surface area contributed by atoms with Gasteiger partial charge >= 0.3 is 0 Å². The Kier molecular flexibility index (Phi) is 1.47. The molecule has 0 spiro atoms. The van der Waals surface area contributed by atoms with Gasteiger partial charge in [-0.3, -0.25) is 4.55 Å². The van der Waals surface area contributed by atoms with E-state index in [1.54, 1.807) is 19.9 Å². The van der Waals surface area contributed by atoms with Gasteiger partial charge in [-0.1, -0.05) is 0 Å². The number of benzene rings is 1. The summed E-state index contributed by atoms with van der Waals surface area (Å²) >= 11 is 0. The Hall–Kier alpha value is -1.07. The Morgan fingerprint density at radius 2 is 2.00 bits per heavy atom. The molecule has 0 saturated carbocycles. The predicted octanol–water partition coefficient (Wildman–Crippen LogP) is 1.73. The van der Waals surface area contributed by atoms with Crippen LogP contribution in [0.15, 0.2) is 15.4 Å². The van der Waals surface area contributed by atoms with Crippen molar-refractivity contribution in [3.63, 3.8) is 0 Å². The first-order valence-electron chi connectivity index (χ1n) is 3.71. The second-order valence-electron chi connectivity index (χ2n) is 3.05. The minimum absolute atomic E-state index is 0.0949. The van der Waals surface area contributed by atoms with Crippen LogP contribution in [-0.4, -0.2) is 13.0 Å². The fraction of sp³-hybridized carbons (Fsp3) is 0.250. The van der Waals surface area contributed by atoms with Crippen LogP contribution in [0, 0.1) is 13.8 Å². The number of rotatable bonds is 1. The molecule has 0 aliphatic carbocycles. The predicted molar refractivity (Wildman–Crippen MR) is 46.7 cm³/mol. The normalized spacial score (nSPS) is 12.8. The van der Waals surface area contributed by atoms with Crippen LogP contribution in [0.1, 0.15) is 11.1 Å². The highest BCUT2D eigenvalue weighted by molar-refractivity contribution is 7.86. The molecule has 0 aromatic carbocycles. The van der Waals surface area contributed by atoms with Gasteiger partial charge in [0.2, 0.25) is 0 Å². The molecule has 0 amide bonds. The van der Waals surface area contributed by atoms with Gasteiger partial charge < -0.3 is 4.42 Å². The van der Waals surface area contributed by atoms with Crippen LogP contribution in [0.2, 0.25) is 0 Å². The summed E-state index contributed by atoms with van der Waals surface area (Å²) in [5, 5.41) is 0. The van der Waals surface area contributed by atoms with Crippen molar-refractivity contribution < 1.29 is 17.4 Å². The van der Waals surface area contributed by atoms with E-state index in [9.17, 15) is 8.42 Å². The SMILES string of the molecule is Cc1c(S(=O)(=O)O)c2oc1cc2C. The second-order valence-corrected chi connectivity index (χ2v) is 4.41. The molecule has 1 N–H and O–H groups in total. The summed E-state index contributed by atoms with van der Waals surface area (Å²) in [7, 11) is -4.16. The Morgan fingerprint density at radius 3 is 2.38 bits per heavy atom. The van der Waals surface area contributed by atoms with Crippen molar-refractivity contribution in [2.45, 2.75) is 18.7 Å². The molecule has 2 rings (SSSR count). The van der Waals surface area contributed by atoms with Crippen LogP contribution in [-0.2, 0) is 10.1 Å². The Balaban J connectivity index is 2.94. The fourth-order valence-corrected chi connectivity index (χ4v) is 2.41. The molecule has 0 atom stereocenters. The van der Waals surface area contributed by atoms with Crippen LogP contribution in [0.3, 0.4) is 0 Å². The largest absolute Gasteiger partial charge is 0.455 e. The van der Waals surface area contributed by atoms with Gasteiger partial charge in [0, 0.05) is 5.56 Å². The maximum atomic E-state index is 10.9. The molecule has 0 aliphatic rings. The molecule has 2 aromatic rings. The zero-order valence-corrected chi connectivity index (χ0v) is 7.97. The highest BCUT2D eigenvalue weighted by atomic mass is 32.2. The number of aryl methyl sites for hydroxylation is 2. The summed E-state index contributed by atoms with van der Waals surface area (Å²) in [6, 6.07) is 1.75. The molecular formula is C8H8O4S. The first-order valence-corrected chi connectivity index (χ1v) is 5.15. The summed E-state index contributed by atoms with van der Waals surface area (Å²) in [5.74, 6) is 0. The standard InChI is InChI=1S/C8H8O4S/c1-4-3-6-5(2)8(7(4)12-6)13(9,10)11/h3H,1-2H3,(H,9,10,11). The molecule has 5 heteroatoms. The van der Waals surface area contributed by atoms with E-state index < -0.39 is 10.1 Å². The first kappa shape index (κ1) is 8.52. The van der Waals surface area contributed by atoms with Crippen LogP contribution in [0.25, 0.3) is 11.2 Å². The van der Waals surface area contributed by atoms with Crippen molar-refractivity contribution in [3.8, 4) is 0 Å². The quantitative estimate of drug-likeness (QED) is 0.712. The molecule has 0 unspecified atom stereocenters. The number of fused-ring (bicyclic) bond motifs is 2. The van der Waals surface area contributed by atoms with Gasteiger partial charge in [0.25, 0.3) is 10.1 Å². The third-order valence-electron chi connectivity index (χ3n) is 2.09. The van der Waals surface area contributed by atoms with Crippen molar-refractivity contribution in [1.82, 2.24) is 0 Å². The van der Waals surface area contributed by atoms with Crippen molar-refractivity contribution in [2.24, 2.45) is 0 Å². The average molecular weight is 200 g/mol. The van der Waals surface area contributed by atoms with E-state index in [2.05, 4.69) is 0 Å². The van der Waals surface area contributed by atoms with Crippen LogP contribution < -0.4 is 0 Å². The van der Waals surface area contributed by atoms with Gasteiger partial charge in [-0.05, 0) is 25.5 Å². The lowest BCUT2D eigenvalue weighted by Gasteiger charge is -1.97. The molecular weight excluding hydrogens is 192 g/mol. The molecule has 4 nitrogen and oxygen atoms in total. The summed E-state index contributed by atoms with van der Waals surface area (Å²) in [5.41, 5.74) is 1.98. The van der Waals surface area contributed by atoms with E-state index in [4.69, 9.17) is 8.97 Å². The van der Waals surface area contributed by atoms with Gasteiger partial charge in [0.15, 0.2) is 5.58 Å². The number of hydrogen-bond donors (Lipinski definition) is 1. The van der Waals surface area contributed by atoms with Gasteiger partial charge in [0.05, 0.1) is 0 Å². The molecule has 0 saturated heterocycles. The Morgan fingerprint density at radius 1 is 1.38 bits per heavy atom. The summed E-state index contributed by atoms with van der Waals surface area (Å²) in [6.45, 7) is 3.34. The Bertz CT molecular complexity index is 549. The maximum absolute atomic E-state index is 10.9. The average Bonchev–Trinajstić information content (AvgIpc) is 2.41. The molecule has 13 heavy (non-hydrogen) atoms. The minimum atomic E-state index is -4.16. The maximum Gasteiger partial charge on any atom is 0.298 e.